The number of fused-ring (bicyclic) bond motifs is 1. The first-order valence-corrected chi connectivity index (χ1v) is 12.6. The number of amides is 2. The average Bonchev–Trinajstić information content (AvgIpc) is 3.58. The Balaban J connectivity index is 1.92. The zero-order valence-corrected chi connectivity index (χ0v) is 22.2. The first-order valence-electron chi connectivity index (χ1n) is 12.6. The molecule has 0 saturated heterocycles. The molecule has 1 aliphatic rings. The highest BCUT2D eigenvalue weighted by molar-refractivity contribution is 5.98. The largest absolute Gasteiger partial charge is 0.443 e. The van der Waals surface area contributed by atoms with E-state index in [0.29, 0.717) is 34.4 Å². The number of hydrogen-bond donors (Lipinski definition) is 2. The average molecular weight is 507 g/mol. The van der Waals surface area contributed by atoms with Crippen LogP contribution in [0, 0.1) is 13.8 Å². The quantitative estimate of drug-likeness (QED) is 0.527. The van der Waals surface area contributed by atoms with Crippen molar-refractivity contribution in [2.45, 2.75) is 72.4 Å². The molecule has 0 radical (unpaired) electrons. The predicted octanol–water partition coefficient (Wildman–Crippen LogP) is 3.80. The molecule has 4 rings (SSSR count). The molecule has 2 aromatic heterocycles. The summed E-state index contributed by atoms with van der Waals surface area (Å²) in [7, 11) is 0. The lowest BCUT2D eigenvalue weighted by Crippen LogP contribution is -2.35. The van der Waals surface area contributed by atoms with E-state index in [9.17, 15) is 14.4 Å². The van der Waals surface area contributed by atoms with Gasteiger partial charge in [-0.3, -0.25) is 9.59 Å². The van der Waals surface area contributed by atoms with Gasteiger partial charge >= 0.3 is 6.09 Å². The number of benzene rings is 1. The van der Waals surface area contributed by atoms with Crippen LogP contribution in [-0.4, -0.2) is 50.3 Å². The van der Waals surface area contributed by atoms with Crippen LogP contribution in [0.1, 0.15) is 78.8 Å². The van der Waals surface area contributed by atoms with Crippen LogP contribution in [0.25, 0.3) is 5.52 Å². The molecule has 1 aliphatic carbocycles. The predicted molar refractivity (Wildman–Crippen MR) is 139 cm³/mol. The van der Waals surface area contributed by atoms with Gasteiger partial charge in [0.25, 0.3) is 11.8 Å². The summed E-state index contributed by atoms with van der Waals surface area (Å²) < 4.78 is 8.38. The lowest BCUT2D eigenvalue weighted by atomic mass is 10.1. The topological polar surface area (TPSA) is 119 Å². The molecule has 0 bridgehead atoms. The molecule has 2 heterocycles. The molecule has 10 nitrogen and oxygen atoms in total. The third-order valence-corrected chi connectivity index (χ3v) is 5.95. The van der Waals surface area contributed by atoms with Crippen molar-refractivity contribution in [2.24, 2.45) is 4.99 Å². The summed E-state index contributed by atoms with van der Waals surface area (Å²) in [5.74, 6) is -0.387. The fraction of sp³-hybridized carbons (Fsp3) is 0.444. The van der Waals surface area contributed by atoms with Gasteiger partial charge in [-0.25, -0.2) is 18.9 Å². The second-order valence-electron chi connectivity index (χ2n) is 10.4. The maximum atomic E-state index is 13.2. The summed E-state index contributed by atoms with van der Waals surface area (Å²) in [5.41, 5.74) is 2.88. The standard InChI is InChI=1S/C27H34N6O4/c1-7-12-28-25(35)20-14-33-22(17(20)3)23(32(15-29-33)26(36)37-27(4,5)6)31-21-13-18(9-8-16(21)2)24(34)30-19-10-11-19/h8-9,13-15,19H,7,10-12H2,1-6H3,(H,28,35)(H,30,34)/b31-23-. The zero-order valence-electron chi connectivity index (χ0n) is 22.2. The molecule has 2 amide bonds. The molecule has 1 aromatic carbocycles. The monoisotopic (exact) mass is 506 g/mol. The Morgan fingerprint density at radius 2 is 1.89 bits per heavy atom. The number of aromatic nitrogens is 3. The zero-order chi connectivity index (χ0) is 26.9. The fourth-order valence-corrected chi connectivity index (χ4v) is 3.82. The van der Waals surface area contributed by atoms with Gasteiger partial charge in [-0.15, -0.1) is 0 Å². The lowest BCUT2D eigenvalue weighted by molar-refractivity contribution is 0.0527. The minimum Gasteiger partial charge on any atom is -0.443 e. The van der Waals surface area contributed by atoms with Crippen molar-refractivity contribution >= 4 is 29.1 Å². The van der Waals surface area contributed by atoms with E-state index in [1.54, 1.807) is 46.0 Å². The van der Waals surface area contributed by atoms with Crippen LogP contribution in [0.2, 0.25) is 0 Å². The van der Waals surface area contributed by atoms with Crippen molar-refractivity contribution in [1.29, 1.82) is 0 Å². The molecule has 0 aliphatic heterocycles. The van der Waals surface area contributed by atoms with E-state index in [1.165, 1.54) is 15.4 Å². The summed E-state index contributed by atoms with van der Waals surface area (Å²) in [6, 6.07) is 5.51. The Bertz CT molecular complexity index is 1440. The Morgan fingerprint density at radius 3 is 2.54 bits per heavy atom. The fourth-order valence-electron chi connectivity index (χ4n) is 3.82. The number of rotatable bonds is 6. The van der Waals surface area contributed by atoms with Gasteiger partial charge in [0, 0.05) is 24.3 Å². The van der Waals surface area contributed by atoms with E-state index >= 15 is 0 Å². The molecule has 2 N–H and O–H groups in total. The maximum absolute atomic E-state index is 13.2. The second-order valence-corrected chi connectivity index (χ2v) is 10.4. The molecule has 37 heavy (non-hydrogen) atoms. The molecule has 10 heteroatoms. The van der Waals surface area contributed by atoms with Gasteiger partial charge in [0.15, 0.2) is 5.49 Å². The van der Waals surface area contributed by atoms with E-state index in [2.05, 4.69) is 15.7 Å². The minimum absolute atomic E-state index is 0.160. The van der Waals surface area contributed by atoms with Gasteiger partial charge in [-0.2, -0.15) is 5.10 Å². The van der Waals surface area contributed by atoms with E-state index in [4.69, 9.17) is 9.73 Å². The van der Waals surface area contributed by atoms with Crippen LogP contribution < -0.4 is 16.1 Å². The molecule has 196 valence electrons. The normalized spacial score (nSPS) is 14.1. The maximum Gasteiger partial charge on any atom is 0.421 e. The Labute approximate surface area is 215 Å². The summed E-state index contributed by atoms with van der Waals surface area (Å²) in [5, 5.41) is 10.2. The number of aryl methyl sites for hydroxylation is 2. The smallest absolute Gasteiger partial charge is 0.421 e. The Hall–Kier alpha value is -3.95. The minimum atomic E-state index is -0.744. The third-order valence-electron chi connectivity index (χ3n) is 5.95. The molecule has 3 aromatic rings. The highest BCUT2D eigenvalue weighted by Gasteiger charge is 2.25. The van der Waals surface area contributed by atoms with Crippen molar-refractivity contribution in [3.05, 3.63) is 58.5 Å². The molecule has 0 atom stereocenters. The molecule has 0 unspecified atom stereocenters. The number of hydrogen-bond acceptors (Lipinski definition) is 6. The first-order chi connectivity index (χ1) is 17.5. The van der Waals surface area contributed by atoms with Crippen LogP contribution in [-0.2, 0) is 4.74 Å². The van der Waals surface area contributed by atoms with E-state index in [-0.39, 0.29) is 23.3 Å². The van der Waals surface area contributed by atoms with Crippen molar-refractivity contribution in [2.75, 3.05) is 6.54 Å². The Morgan fingerprint density at radius 1 is 1.16 bits per heavy atom. The van der Waals surface area contributed by atoms with E-state index in [0.717, 1.165) is 24.8 Å². The van der Waals surface area contributed by atoms with Gasteiger partial charge in [0.05, 0.1) is 11.3 Å². The van der Waals surface area contributed by atoms with Gasteiger partial charge < -0.3 is 15.4 Å². The SMILES string of the molecule is CCCNC(=O)c1cn2ncn(C(=O)OC(C)(C)C)/c(=N\c3cc(C(=O)NC4CC4)ccc3C)c2c1C. The summed E-state index contributed by atoms with van der Waals surface area (Å²) in [4.78, 5) is 43.5. The number of ether oxygens (including phenoxy) is 1. The summed E-state index contributed by atoms with van der Waals surface area (Å²) >= 11 is 0. The van der Waals surface area contributed by atoms with Crippen molar-refractivity contribution in [1.82, 2.24) is 24.8 Å². The van der Waals surface area contributed by atoms with Crippen molar-refractivity contribution in [3.8, 4) is 0 Å². The van der Waals surface area contributed by atoms with E-state index < -0.39 is 11.7 Å². The third kappa shape index (κ3) is 5.90. The first kappa shape index (κ1) is 26.1. The molecule has 1 saturated carbocycles. The van der Waals surface area contributed by atoms with Crippen LogP contribution in [0.15, 0.2) is 35.7 Å². The number of nitrogens with zero attached hydrogens (tertiary/aromatic N) is 4. The van der Waals surface area contributed by atoms with Gasteiger partial charge in [-0.1, -0.05) is 13.0 Å². The lowest BCUT2D eigenvalue weighted by Gasteiger charge is -2.20. The van der Waals surface area contributed by atoms with Crippen LogP contribution >= 0.6 is 0 Å². The summed E-state index contributed by atoms with van der Waals surface area (Å²) in [6.07, 6.45) is 5.08. The Kier molecular flexibility index (Phi) is 7.20. The summed E-state index contributed by atoms with van der Waals surface area (Å²) in [6.45, 7) is 11.5. The number of carbonyl (C=O) groups excluding carboxylic acids is 3. The van der Waals surface area contributed by atoms with Crippen molar-refractivity contribution in [3.63, 3.8) is 0 Å². The van der Waals surface area contributed by atoms with Gasteiger partial charge in [0.1, 0.15) is 17.4 Å². The number of nitrogens with one attached hydrogen (secondary N) is 2. The molecular formula is C27H34N6O4. The van der Waals surface area contributed by atoms with Gasteiger partial charge in [0.2, 0.25) is 0 Å². The van der Waals surface area contributed by atoms with Crippen LogP contribution in [0.3, 0.4) is 0 Å². The van der Waals surface area contributed by atoms with E-state index in [1.807, 2.05) is 19.9 Å². The number of carbonyl (C=O) groups is 3. The van der Waals surface area contributed by atoms with Gasteiger partial charge in [-0.05, 0) is 77.1 Å². The highest BCUT2D eigenvalue weighted by atomic mass is 16.6. The molecule has 0 spiro atoms. The van der Waals surface area contributed by atoms with Crippen LogP contribution in [0.5, 0.6) is 0 Å². The highest BCUT2D eigenvalue weighted by Crippen LogP contribution is 2.23. The molecule has 1 fully saturated rings. The second kappa shape index (κ2) is 10.2. The van der Waals surface area contributed by atoms with Crippen molar-refractivity contribution < 1.29 is 19.1 Å². The molecular weight excluding hydrogens is 472 g/mol. The van der Waals surface area contributed by atoms with Crippen LogP contribution in [0.4, 0.5) is 10.5 Å².